The molecule has 6 nitrogen and oxygen atoms in total. The highest BCUT2D eigenvalue weighted by atomic mass is 32.2. The molecule has 5 rings (SSSR count). The van der Waals surface area contributed by atoms with E-state index in [0.717, 1.165) is 42.9 Å². The van der Waals surface area contributed by atoms with Crippen molar-refractivity contribution in [3.8, 4) is 11.3 Å². The van der Waals surface area contributed by atoms with Crippen LogP contribution in [0, 0.1) is 0 Å². The lowest BCUT2D eigenvalue weighted by Crippen LogP contribution is -2.40. The van der Waals surface area contributed by atoms with Gasteiger partial charge in [-0.3, -0.25) is 0 Å². The van der Waals surface area contributed by atoms with Gasteiger partial charge in [0, 0.05) is 44.4 Å². The Bertz CT molecular complexity index is 1200. The summed E-state index contributed by atoms with van der Waals surface area (Å²) in [4.78, 5) is 2.15. The Hall–Kier alpha value is -2.51. The molecule has 2 aromatic carbocycles. The van der Waals surface area contributed by atoms with Crippen LogP contribution in [0.4, 0.5) is 11.4 Å². The van der Waals surface area contributed by atoms with Gasteiger partial charge < -0.3 is 19.9 Å². The van der Waals surface area contributed by atoms with E-state index < -0.39 is 9.84 Å². The number of nitrogens with zero attached hydrogens (tertiary/aromatic N) is 2. The normalized spacial score (nSPS) is 19.7. The molecule has 1 aromatic heterocycles. The van der Waals surface area contributed by atoms with Gasteiger partial charge in [-0.1, -0.05) is 30.3 Å². The number of nitrogen functional groups attached to an aromatic ring is 1. The minimum Gasteiger partial charge on any atom is -0.397 e. The quantitative estimate of drug-likeness (QED) is 0.632. The molecule has 31 heavy (non-hydrogen) atoms. The van der Waals surface area contributed by atoms with Crippen molar-refractivity contribution >= 4 is 32.1 Å². The number of aryl methyl sites for hydroxylation is 1. The number of fused-ring (bicyclic) bond motifs is 1. The predicted octanol–water partition coefficient (Wildman–Crippen LogP) is 3.56. The first kappa shape index (κ1) is 20.4. The molecule has 0 amide bonds. The Morgan fingerprint density at radius 2 is 1.71 bits per heavy atom. The van der Waals surface area contributed by atoms with Gasteiger partial charge in [0.2, 0.25) is 0 Å². The lowest BCUT2D eigenvalue weighted by molar-refractivity contribution is 0.0857. The number of rotatable bonds is 3. The van der Waals surface area contributed by atoms with Gasteiger partial charge in [0.15, 0.2) is 9.84 Å². The predicted molar refractivity (Wildman–Crippen MR) is 126 cm³/mol. The lowest BCUT2D eigenvalue weighted by atomic mass is 9.87. The Balaban J connectivity index is 1.70. The van der Waals surface area contributed by atoms with Gasteiger partial charge in [-0.05, 0) is 42.0 Å². The second-order valence-corrected chi connectivity index (χ2v) is 10.9. The molecule has 0 atom stereocenters. The largest absolute Gasteiger partial charge is 0.397 e. The van der Waals surface area contributed by atoms with E-state index >= 15 is 0 Å². The maximum absolute atomic E-state index is 11.9. The number of nitrogens with two attached hydrogens (primary N) is 1. The molecule has 0 aliphatic carbocycles. The van der Waals surface area contributed by atoms with Crippen LogP contribution in [0.25, 0.3) is 22.2 Å². The van der Waals surface area contributed by atoms with Gasteiger partial charge in [-0.15, -0.1) is 0 Å². The first-order valence-electron chi connectivity index (χ1n) is 10.9. The van der Waals surface area contributed by atoms with Crippen molar-refractivity contribution in [2.75, 3.05) is 48.4 Å². The second kappa shape index (κ2) is 7.88. The molecule has 2 aliphatic rings. The summed E-state index contributed by atoms with van der Waals surface area (Å²) in [5.41, 5.74) is 13.2. The smallest absolute Gasteiger partial charge is 0.153 e. The zero-order valence-electron chi connectivity index (χ0n) is 17.9. The van der Waals surface area contributed by atoms with Crippen LogP contribution in [0.2, 0.25) is 0 Å². The zero-order valence-corrected chi connectivity index (χ0v) is 18.7. The standard InChI is InChI=1S/C24H29N3O3S/c1-26-23(18-5-3-2-4-6-18)22(17-7-11-30-12-8-17)20-15-19(16-21(25)24(20)26)27-9-13-31(28,29)14-10-27/h2-6,15-17H,7-14,25H2,1H3. The average molecular weight is 440 g/mol. The van der Waals surface area contributed by atoms with Crippen LogP contribution < -0.4 is 10.6 Å². The maximum atomic E-state index is 11.9. The molecule has 3 aromatic rings. The molecule has 0 unspecified atom stereocenters. The van der Waals surface area contributed by atoms with Crippen molar-refractivity contribution < 1.29 is 13.2 Å². The fourth-order valence-electron chi connectivity index (χ4n) is 5.14. The van der Waals surface area contributed by atoms with Crippen LogP contribution in [0.1, 0.15) is 24.3 Å². The minimum absolute atomic E-state index is 0.196. The molecular formula is C24H29N3O3S. The summed E-state index contributed by atoms with van der Waals surface area (Å²) in [5, 5.41) is 1.18. The molecule has 2 saturated heterocycles. The highest BCUT2D eigenvalue weighted by Crippen LogP contribution is 2.44. The molecule has 0 spiro atoms. The van der Waals surface area contributed by atoms with E-state index in [0.29, 0.717) is 19.0 Å². The van der Waals surface area contributed by atoms with Crippen LogP contribution in [-0.2, 0) is 21.6 Å². The molecule has 2 N–H and O–H groups in total. The number of sulfone groups is 1. The van der Waals surface area contributed by atoms with Crippen LogP contribution >= 0.6 is 0 Å². The van der Waals surface area contributed by atoms with Crippen molar-refractivity contribution in [2.24, 2.45) is 7.05 Å². The molecule has 0 saturated carbocycles. The van der Waals surface area contributed by atoms with Gasteiger partial charge in [0.1, 0.15) is 0 Å². The number of hydrogen-bond donors (Lipinski definition) is 1. The fourth-order valence-corrected chi connectivity index (χ4v) is 6.34. The SMILES string of the molecule is Cn1c(-c2ccccc2)c(C2CCOCC2)c2cc(N3CCS(=O)(=O)CC3)cc(N)c21. The van der Waals surface area contributed by atoms with E-state index in [4.69, 9.17) is 10.5 Å². The molecule has 3 heterocycles. The molecule has 2 aliphatic heterocycles. The maximum Gasteiger partial charge on any atom is 0.153 e. The third-order valence-corrected chi connectivity index (χ3v) is 8.34. The number of aromatic nitrogens is 1. The Morgan fingerprint density at radius 3 is 2.39 bits per heavy atom. The van der Waals surface area contributed by atoms with Gasteiger partial charge in [-0.25, -0.2) is 8.42 Å². The highest BCUT2D eigenvalue weighted by Gasteiger charge is 2.28. The van der Waals surface area contributed by atoms with E-state index in [9.17, 15) is 8.42 Å². The Labute approximate surface area is 183 Å². The lowest BCUT2D eigenvalue weighted by Gasteiger charge is -2.29. The van der Waals surface area contributed by atoms with Crippen molar-refractivity contribution in [3.63, 3.8) is 0 Å². The van der Waals surface area contributed by atoms with E-state index in [1.54, 1.807) is 0 Å². The number of ether oxygens (including phenoxy) is 1. The molecule has 7 heteroatoms. The molecular weight excluding hydrogens is 410 g/mol. The van der Waals surface area contributed by atoms with Crippen molar-refractivity contribution in [1.29, 1.82) is 0 Å². The summed E-state index contributed by atoms with van der Waals surface area (Å²) in [6, 6.07) is 14.7. The van der Waals surface area contributed by atoms with Crippen LogP contribution in [0.5, 0.6) is 0 Å². The summed E-state index contributed by atoms with van der Waals surface area (Å²) in [6.07, 6.45) is 1.98. The minimum atomic E-state index is -2.93. The summed E-state index contributed by atoms with van der Waals surface area (Å²) >= 11 is 0. The topological polar surface area (TPSA) is 77.6 Å². The van der Waals surface area contributed by atoms with Gasteiger partial charge in [-0.2, -0.15) is 0 Å². The van der Waals surface area contributed by atoms with Gasteiger partial charge in [0.05, 0.1) is 28.4 Å². The fraction of sp³-hybridized carbons (Fsp3) is 0.417. The van der Waals surface area contributed by atoms with E-state index in [1.807, 2.05) is 12.1 Å². The average Bonchev–Trinajstić information content (AvgIpc) is 3.07. The van der Waals surface area contributed by atoms with Crippen LogP contribution in [0.15, 0.2) is 42.5 Å². The monoisotopic (exact) mass is 439 g/mol. The number of hydrogen-bond acceptors (Lipinski definition) is 5. The van der Waals surface area contributed by atoms with E-state index in [1.165, 1.54) is 22.2 Å². The van der Waals surface area contributed by atoms with Crippen molar-refractivity contribution in [1.82, 2.24) is 4.57 Å². The van der Waals surface area contributed by atoms with Gasteiger partial charge in [0.25, 0.3) is 0 Å². The van der Waals surface area contributed by atoms with Crippen molar-refractivity contribution in [2.45, 2.75) is 18.8 Å². The van der Waals surface area contributed by atoms with Crippen LogP contribution in [-0.4, -0.2) is 50.8 Å². The zero-order chi connectivity index (χ0) is 21.6. The summed E-state index contributed by atoms with van der Waals surface area (Å²) in [6.45, 7) is 2.57. The third-order valence-electron chi connectivity index (χ3n) is 6.73. The molecule has 0 radical (unpaired) electrons. The van der Waals surface area contributed by atoms with E-state index in [2.05, 4.69) is 46.8 Å². The number of benzene rings is 2. The number of anilines is 2. The molecule has 2 fully saturated rings. The first-order valence-corrected chi connectivity index (χ1v) is 12.8. The first-order chi connectivity index (χ1) is 14.9. The van der Waals surface area contributed by atoms with Gasteiger partial charge >= 0.3 is 0 Å². The highest BCUT2D eigenvalue weighted by molar-refractivity contribution is 7.91. The van der Waals surface area contributed by atoms with E-state index in [-0.39, 0.29) is 11.5 Å². The summed E-state index contributed by atoms with van der Waals surface area (Å²) in [7, 11) is -0.837. The Kier molecular flexibility index (Phi) is 5.18. The summed E-state index contributed by atoms with van der Waals surface area (Å²) in [5.74, 6) is 0.799. The molecule has 0 bridgehead atoms. The van der Waals surface area contributed by atoms with Crippen LogP contribution in [0.3, 0.4) is 0 Å². The third kappa shape index (κ3) is 3.70. The Morgan fingerprint density at radius 1 is 1.03 bits per heavy atom. The summed E-state index contributed by atoms with van der Waals surface area (Å²) < 4.78 is 31.7. The molecule has 164 valence electrons. The second-order valence-electron chi connectivity index (χ2n) is 8.64. The van der Waals surface area contributed by atoms with Crippen molar-refractivity contribution in [3.05, 3.63) is 48.0 Å².